The summed E-state index contributed by atoms with van der Waals surface area (Å²) in [4.78, 5) is 13.1. The molecule has 1 N–H and O–H groups in total. The molecule has 3 aromatic heterocycles. The average Bonchev–Trinajstić information content (AvgIpc) is 3.34. The van der Waals surface area contributed by atoms with E-state index in [1.165, 1.54) is 34.2 Å². The Morgan fingerprint density at radius 3 is 2.97 bits per heavy atom. The lowest BCUT2D eigenvalue weighted by Gasteiger charge is -2.36. The van der Waals surface area contributed by atoms with Crippen molar-refractivity contribution in [3.63, 3.8) is 0 Å². The van der Waals surface area contributed by atoms with E-state index in [-0.39, 0.29) is 11.2 Å². The molecule has 4 heterocycles. The lowest BCUT2D eigenvalue weighted by atomic mass is 9.89. The maximum atomic E-state index is 14.9. The van der Waals surface area contributed by atoms with Crippen LogP contribution in [0.15, 0.2) is 29.9 Å². The number of likely N-dealkylation sites (N-methyl/N-ethyl adjacent to an activating group) is 1. The number of halogens is 2. The maximum absolute atomic E-state index is 14.9. The van der Waals surface area contributed by atoms with Crippen LogP contribution in [0.5, 0.6) is 0 Å². The number of nitrogens with zero attached hydrogens (tertiary/aromatic N) is 3. The van der Waals surface area contributed by atoms with Gasteiger partial charge in [-0.05, 0) is 51.6 Å². The van der Waals surface area contributed by atoms with Crippen molar-refractivity contribution in [2.24, 2.45) is 0 Å². The summed E-state index contributed by atoms with van der Waals surface area (Å²) in [6.07, 6.45) is 3.99. The van der Waals surface area contributed by atoms with Gasteiger partial charge in [0.25, 0.3) is 0 Å². The Morgan fingerprint density at radius 1 is 1.24 bits per heavy atom. The van der Waals surface area contributed by atoms with E-state index in [0.29, 0.717) is 22.3 Å². The van der Waals surface area contributed by atoms with Crippen molar-refractivity contribution in [1.29, 1.82) is 0 Å². The van der Waals surface area contributed by atoms with E-state index in [4.69, 9.17) is 0 Å². The lowest BCUT2D eigenvalue weighted by molar-refractivity contribution is 0.176. The molecule has 8 heteroatoms. The summed E-state index contributed by atoms with van der Waals surface area (Å²) < 4.78 is 30.0. The molecule has 0 unspecified atom stereocenters. The van der Waals surface area contributed by atoms with Crippen LogP contribution in [-0.2, 0) is 0 Å². The second-order valence-electron chi connectivity index (χ2n) is 7.57. The molecule has 0 saturated carbocycles. The largest absolute Gasteiger partial charge is 0.350 e. The molecular weight excluding hydrogens is 410 g/mol. The zero-order valence-corrected chi connectivity index (χ0v) is 17.7. The third kappa shape index (κ3) is 3.19. The van der Waals surface area contributed by atoms with Crippen LogP contribution >= 0.6 is 22.7 Å². The molecular formula is C21H20F2N4S2. The van der Waals surface area contributed by atoms with E-state index >= 15 is 0 Å². The van der Waals surface area contributed by atoms with Gasteiger partial charge in [-0.2, -0.15) is 0 Å². The number of thiophene rings is 1. The van der Waals surface area contributed by atoms with Gasteiger partial charge in [-0.25, -0.2) is 18.7 Å². The second-order valence-corrected chi connectivity index (χ2v) is 9.52. The number of anilines is 2. The van der Waals surface area contributed by atoms with Crippen LogP contribution in [0.3, 0.4) is 0 Å². The van der Waals surface area contributed by atoms with E-state index in [1.807, 2.05) is 0 Å². The fourth-order valence-corrected chi connectivity index (χ4v) is 6.08. The molecule has 5 rings (SSSR count). The van der Waals surface area contributed by atoms with Gasteiger partial charge in [-0.3, -0.25) is 0 Å². The van der Waals surface area contributed by atoms with Gasteiger partial charge < -0.3 is 10.2 Å². The van der Waals surface area contributed by atoms with Crippen LogP contribution < -0.4 is 5.32 Å². The fraction of sp³-hybridized carbons (Fsp3) is 0.333. The number of hydrogen-bond acceptors (Lipinski definition) is 6. The number of rotatable bonds is 3. The topological polar surface area (TPSA) is 41.1 Å². The zero-order chi connectivity index (χ0) is 20.1. The minimum atomic E-state index is -0.663. The Labute approximate surface area is 175 Å². The van der Waals surface area contributed by atoms with Crippen molar-refractivity contribution in [3.05, 3.63) is 46.4 Å². The third-order valence-corrected chi connectivity index (χ3v) is 7.85. The Morgan fingerprint density at radius 2 is 2.10 bits per heavy atom. The number of nitrogens with one attached hydrogen (secondary N) is 1. The number of piperidine rings is 1. The van der Waals surface area contributed by atoms with Crippen molar-refractivity contribution in [1.82, 2.24) is 14.9 Å². The van der Waals surface area contributed by atoms with Crippen LogP contribution in [0.4, 0.5) is 20.2 Å². The highest BCUT2D eigenvalue weighted by molar-refractivity contribution is 7.18. The summed E-state index contributed by atoms with van der Waals surface area (Å²) in [5, 5.41) is 3.87. The highest BCUT2D eigenvalue weighted by Crippen LogP contribution is 2.41. The van der Waals surface area contributed by atoms with E-state index in [1.54, 1.807) is 23.6 Å². The molecule has 0 amide bonds. The summed E-state index contributed by atoms with van der Waals surface area (Å²) in [5.41, 5.74) is 2.19. The van der Waals surface area contributed by atoms with Gasteiger partial charge >= 0.3 is 0 Å². The Kier molecular flexibility index (Phi) is 4.72. The fourth-order valence-electron chi connectivity index (χ4n) is 4.12. The molecule has 1 aliphatic rings. The highest BCUT2D eigenvalue weighted by atomic mass is 32.1. The number of likely N-dealkylation sites (tertiary alicyclic amines) is 1. The molecule has 1 saturated heterocycles. The first kappa shape index (κ1) is 18.8. The minimum Gasteiger partial charge on any atom is -0.350 e. The van der Waals surface area contributed by atoms with E-state index < -0.39 is 11.6 Å². The number of fused-ring (bicyclic) bond motifs is 2. The molecule has 2 atom stereocenters. The Balaban J connectivity index is 1.56. The van der Waals surface area contributed by atoms with Gasteiger partial charge in [0.05, 0.1) is 15.9 Å². The summed E-state index contributed by atoms with van der Waals surface area (Å²) in [6.45, 7) is 3.37. The molecule has 4 nitrogen and oxygen atoms in total. The molecule has 1 fully saturated rings. The number of benzene rings is 1. The van der Waals surface area contributed by atoms with Gasteiger partial charge in [-0.15, -0.1) is 22.7 Å². The summed E-state index contributed by atoms with van der Waals surface area (Å²) >= 11 is 2.89. The third-order valence-electron chi connectivity index (χ3n) is 5.90. The van der Waals surface area contributed by atoms with Crippen molar-refractivity contribution in [2.75, 3.05) is 18.9 Å². The quantitative estimate of drug-likeness (QED) is 0.425. The van der Waals surface area contributed by atoms with Crippen LogP contribution in [0, 0.1) is 11.6 Å². The normalized spacial score (nSPS) is 20.6. The smallest absolute Gasteiger partial charge is 0.176 e. The SMILES string of the molecule is C[C@H]1[C@H](c2cc3c(Nc4c(F)cc5scnc5c4F)ccnc3s2)CCCN1C. The van der Waals surface area contributed by atoms with Crippen molar-refractivity contribution < 1.29 is 8.78 Å². The summed E-state index contributed by atoms with van der Waals surface area (Å²) in [6, 6.07) is 5.68. The number of pyridine rings is 1. The first-order chi connectivity index (χ1) is 14.0. The number of aromatic nitrogens is 2. The van der Waals surface area contributed by atoms with Gasteiger partial charge in [0, 0.05) is 28.4 Å². The van der Waals surface area contributed by atoms with Crippen molar-refractivity contribution in [2.45, 2.75) is 31.7 Å². The molecule has 150 valence electrons. The molecule has 0 spiro atoms. The average molecular weight is 431 g/mol. The molecule has 4 aromatic rings. The van der Waals surface area contributed by atoms with Crippen LogP contribution in [-0.4, -0.2) is 34.5 Å². The number of hydrogen-bond donors (Lipinski definition) is 1. The number of thiazole rings is 1. The maximum Gasteiger partial charge on any atom is 0.176 e. The van der Waals surface area contributed by atoms with E-state index in [0.717, 1.165) is 23.2 Å². The van der Waals surface area contributed by atoms with Gasteiger partial charge in [0.1, 0.15) is 16.0 Å². The molecule has 29 heavy (non-hydrogen) atoms. The first-order valence-corrected chi connectivity index (χ1v) is 11.3. The lowest BCUT2D eigenvalue weighted by Crippen LogP contribution is -2.38. The summed E-state index contributed by atoms with van der Waals surface area (Å²) in [7, 11) is 2.16. The van der Waals surface area contributed by atoms with Crippen LogP contribution in [0.2, 0.25) is 0 Å². The first-order valence-electron chi connectivity index (χ1n) is 9.60. The Hall–Kier alpha value is -2.16. The molecule has 0 radical (unpaired) electrons. The minimum absolute atomic E-state index is 0.172. The standard InChI is InChI=1S/C21H20F2N4S2/c1-11-12(4-3-7-27(11)2)16-8-13-15(5-6-24-21(13)29-16)26-19-14(22)9-17-20(18(19)23)25-10-28-17/h5-6,8-12H,3-4,7H2,1-2H3,(H,24,26)/t11-,12+/m0/s1. The monoisotopic (exact) mass is 430 g/mol. The Bertz CT molecular complexity index is 1200. The van der Waals surface area contributed by atoms with Crippen molar-refractivity contribution in [3.8, 4) is 0 Å². The predicted molar refractivity (Wildman–Crippen MR) is 117 cm³/mol. The second kappa shape index (κ2) is 7.27. The van der Waals surface area contributed by atoms with Crippen LogP contribution in [0.1, 0.15) is 30.6 Å². The highest BCUT2D eigenvalue weighted by Gasteiger charge is 2.28. The summed E-state index contributed by atoms with van der Waals surface area (Å²) in [5.74, 6) is -0.841. The molecule has 1 aliphatic heterocycles. The molecule has 0 aliphatic carbocycles. The van der Waals surface area contributed by atoms with E-state index in [2.05, 4.69) is 40.2 Å². The van der Waals surface area contributed by atoms with Crippen LogP contribution in [0.25, 0.3) is 20.4 Å². The molecule has 0 bridgehead atoms. The van der Waals surface area contributed by atoms with Gasteiger partial charge in [0.15, 0.2) is 11.6 Å². The van der Waals surface area contributed by atoms with E-state index in [9.17, 15) is 8.78 Å². The zero-order valence-electron chi connectivity index (χ0n) is 16.1. The molecule has 1 aromatic carbocycles. The van der Waals surface area contributed by atoms with Gasteiger partial charge in [-0.1, -0.05) is 0 Å². The predicted octanol–water partition coefficient (Wildman–Crippen LogP) is 6.13. The van der Waals surface area contributed by atoms with Gasteiger partial charge in [0.2, 0.25) is 0 Å². The van der Waals surface area contributed by atoms with Crippen molar-refractivity contribution >= 4 is 54.5 Å².